The lowest BCUT2D eigenvalue weighted by Gasteiger charge is -2.58. The van der Waals surface area contributed by atoms with Gasteiger partial charge < -0.3 is 9.47 Å². The first-order chi connectivity index (χ1) is 17.2. The normalized spacial score (nSPS) is 43.1. The maximum absolute atomic E-state index is 6.48. The molecule has 1 aromatic carbocycles. The highest BCUT2D eigenvalue weighted by Gasteiger charge is 2.65. The lowest BCUT2D eigenvalue weighted by molar-refractivity contribution is -0.385. The summed E-state index contributed by atoms with van der Waals surface area (Å²) in [7, 11) is 0. The molecule has 5 heteroatoms. The number of hydrogen-bond acceptors (Lipinski definition) is 5. The van der Waals surface area contributed by atoms with Gasteiger partial charge in [0.1, 0.15) is 23.6 Å². The fraction of sp³-hybridized carbons (Fsp3) is 0.800. The van der Waals surface area contributed by atoms with Gasteiger partial charge in [-0.05, 0) is 111 Å². The van der Waals surface area contributed by atoms with E-state index in [1.165, 1.54) is 56.9 Å². The third kappa shape index (κ3) is 4.35. The summed E-state index contributed by atoms with van der Waals surface area (Å²) in [5.41, 5.74) is 1.41. The maximum atomic E-state index is 6.48. The van der Waals surface area contributed by atoms with E-state index in [2.05, 4.69) is 29.2 Å². The number of benzene rings is 1. The van der Waals surface area contributed by atoms with E-state index in [-0.39, 0.29) is 11.2 Å². The molecule has 2 saturated heterocycles. The number of nitrogens with zero attached hydrogens (tertiary/aromatic N) is 1. The molecule has 1 aromatic rings. The van der Waals surface area contributed by atoms with E-state index in [0.717, 1.165) is 88.1 Å². The smallest absolute Gasteiger partial charge is 0.119 e. The minimum Gasteiger partial charge on any atom is -0.492 e. The van der Waals surface area contributed by atoms with Crippen molar-refractivity contribution in [2.75, 3.05) is 39.5 Å². The molecule has 0 amide bonds. The van der Waals surface area contributed by atoms with Crippen LogP contribution in [0.5, 0.6) is 5.75 Å². The Morgan fingerprint density at radius 1 is 0.886 bits per heavy atom. The van der Waals surface area contributed by atoms with Gasteiger partial charge in [-0.2, -0.15) is 0 Å². The predicted octanol–water partition coefficient (Wildman–Crippen LogP) is 5.73. The Kier molecular flexibility index (Phi) is 6.12. The summed E-state index contributed by atoms with van der Waals surface area (Å²) in [6.07, 6.45) is 14.1. The molecule has 192 valence electrons. The lowest BCUT2D eigenvalue weighted by atomic mass is 9.48. The minimum absolute atomic E-state index is 0.0342. The van der Waals surface area contributed by atoms with Crippen LogP contribution in [0.4, 0.5) is 0 Å². The molecule has 8 rings (SSSR count). The van der Waals surface area contributed by atoms with Crippen molar-refractivity contribution in [1.82, 2.24) is 4.90 Å². The van der Waals surface area contributed by atoms with Gasteiger partial charge in [-0.1, -0.05) is 12.1 Å². The van der Waals surface area contributed by atoms with Gasteiger partial charge in [0.05, 0.1) is 6.61 Å². The number of rotatable bonds is 5. The average Bonchev–Trinajstić information content (AvgIpc) is 3.04. The first-order valence-electron chi connectivity index (χ1n) is 14.6. The average molecular weight is 482 g/mol. The van der Waals surface area contributed by atoms with Crippen molar-refractivity contribution in [3.05, 3.63) is 29.8 Å². The highest BCUT2D eigenvalue weighted by atomic mass is 17.2. The molecule has 7 fully saturated rings. The van der Waals surface area contributed by atoms with Crippen LogP contribution < -0.4 is 4.74 Å². The molecule has 0 aromatic heterocycles. The third-order valence-electron chi connectivity index (χ3n) is 10.6. The summed E-state index contributed by atoms with van der Waals surface area (Å²) in [4.78, 5) is 15.3. The molecule has 5 saturated carbocycles. The van der Waals surface area contributed by atoms with Crippen molar-refractivity contribution < 1.29 is 19.2 Å². The maximum Gasteiger partial charge on any atom is 0.119 e. The van der Waals surface area contributed by atoms with Gasteiger partial charge in [-0.3, -0.25) is 4.90 Å². The van der Waals surface area contributed by atoms with E-state index in [0.29, 0.717) is 5.92 Å². The van der Waals surface area contributed by atoms with Crippen LogP contribution in [0.15, 0.2) is 24.3 Å². The summed E-state index contributed by atoms with van der Waals surface area (Å²) in [6, 6.07) is 8.95. The van der Waals surface area contributed by atoms with Gasteiger partial charge in [0, 0.05) is 32.7 Å². The largest absolute Gasteiger partial charge is 0.492 e. The van der Waals surface area contributed by atoms with Crippen LogP contribution in [-0.2, 0) is 14.5 Å². The van der Waals surface area contributed by atoms with Gasteiger partial charge in [0.15, 0.2) is 0 Å². The van der Waals surface area contributed by atoms with Gasteiger partial charge >= 0.3 is 0 Å². The Bertz CT molecular complexity index is 851. The van der Waals surface area contributed by atoms with Crippen LogP contribution in [-0.4, -0.2) is 55.6 Å². The molecule has 7 aliphatic rings. The molecule has 4 bridgehead atoms. The van der Waals surface area contributed by atoms with Crippen LogP contribution >= 0.6 is 0 Å². The zero-order valence-corrected chi connectivity index (χ0v) is 21.3. The first kappa shape index (κ1) is 23.0. The van der Waals surface area contributed by atoms with E-state index < -0.39 is 0 Å². The molecule has 2 heterocycles. The van der Waals surface area contributed by atoms with E-state index >= 15 is 0 Å². The second kappa shape index (κ2) is 9.31. The van der Waals surface area contributed by atoms with Gasteiger partial charge in [-0.15, -0.1) is 0 Å². The quantitative estimate of drug-likeness (QED) is 0.502. The summed E-state index contributed by atoms with van der Waals surface area (Å²) >= 11 is 0. The highest BCUT2D eigenvalue weighted by Crippen LogP contribution is 2.65. The summed E-state index contributed by atoms with van der Waals surface area (Å²) in [6.45, 7) is 5.57. The van der Waals surface area contributed by atoms with Crippen molar-refractivity contribution in [2.24, 2.45) is 23.7 Å². The molecular formula is C30H43NO4. The van der Waals surface area contributed by atoms with Crippen LogP contribution in [0.1, 0.15) is 82.1 Å². The zero-order valence-electron chi connectivity index (χ0n) is 21.3. The van der Waals surface area contributed by atoms with E-state index in [1.54, 1.807) is 0 Å². The SMILES string of the molecule is c1cc(C2CCC[C@@]3(C2)CC2(OO3)C3CC4CC(C3)CC2C4)ccc1OCCN1CCCOCC1. The molecule has 35 heavy (non-hydrogen) atoms. The molecule has 2 aliphatic heterocycles. The van der Waals surface area contributed by atoms with Crippen molar-refractivity contribution in [3.63, 3.8) is 0 Å². The Morgan fingerprint density at radius 2 is 1.69 bits per heavy atom. The summed E-state index contributed by atoms with van der Waals surface area (Å²) in [5, 5.41) is 0. The fourth-order valence-corrected chi connectivity index (χ4v) is 9.13. The molecule has 0 radical (unpaired) electrons. The number of hydrogen-bond donors (Lipinski definition) is 0. The Morgan fingerprint density at radius 3 is 2.49 bits per heavy atom. The summed E-state index contributed by atoms with van der Waals surface area (Å²) in [5.74, 6) is 4.99. The Balaban J connectivity index is 0.968. The van der Waals surface area contributed by atoms with Crippen molar-refractivity contribution in [2.45, 2.75) is 87.7 Å². The first-order valence-corrected chi connectivity index (χ1v) is 14.6. The van der Waals surface area contributed by atoms with Gasteiger partial charge in [-0.25, -0.2) is 9.78 Å². The molecule has 5 aliphatic carbocycles. The fourth-order valence-electron chi connectivity index (χ4n) is 9.13. The molecule has 2 atom stereocenters. The highest BCUT2D eigenvalue weighted by molar-refractivity contribution is 5.30. The molecule has 5 nitrogen and oxygen atoms in total. The zero-order chi connectivity index (χ0) is 23.3. The third-order valence-corrected chi connectivity index (χ3v) is 10.6. The topological polar surface area (TPSA) is 40.2 Å². The standard InChI is InChI=1S/C30H43NO4/c1-3-25(24-4-6-28(7-5-24)33-14-11-31-9-2-12-32-13-10-31)20-29(8-1)21-30(35-34-29)26-16-22-15-23(18-26)19-27(30)17-22/h4-7,22-23,25-27H,1-3,8-21H2/t22?,23?,25?,26?,27?,29-,30?/m1/s1. The van der Waals surface area contributed by atoms with E-state index in [1.807, 2.05) is 0 Å². The number of ether oxygens (including phenoxy) is 2. The van der Waals surface area contributed by atoms with Crippen molar-refractivity contribution >= 4 is 0 Å². The van der Waals surface area contributed by atoms with E-state index in [9.17, 15) is 0 Å². The Labute approximate surface area is 210 Å². The van der Waals surface area contributed by atoms with Gasteiger partial charge in [0.2, 0.25) is 0 Å². The van der Waals surface area contributed by atoms with Crippen molar-refractivity contribution in [3.8, 4) is 5.75 Å². The van der Waals surface area contributed by atoms with E-state index in [4.69, 9.17) is 19.2 Å². The molecular weight excluding hydrogens is 438 g/mol. The molecule has 1 unspecified atom stereocenters. The second-order valence-electron chi connectivity index (χ2n) is 12.8. The second-order valence-corrected chi connectivity index (χ2v) is 12.8. The monoisotopic (exact) mass is 481 g/mol. The summed E-state index contributed by atoms with van der Waals surface area (Å²) < 4.78 is 11.6. The van der Waals surface area contributed by atoms with Crippen LogP contribution in [0.2, 0.25) is 0 Å². The predicted molar refractivity (Wildman–Crippen MR) is 134 cm³/mol. The van der Waals surface area contributed by atoms with Gasteiger partial charge in [0.25, 0.3) is 0 Å². The lowest BCUT2D eigenvalue weighted by Crippen LogP contribution is -2.58. The minimum atomic E-state index is -0.0651. The van der Waals surface area contributed by atoms with Crippen LogP contribution in [0, 0.1) is 23.7 Å². The van der Waals surface area contributed by atoms with Crippen LogP contribution in [0.25, 0.3) is 0 Å². The van der Waals surface area contributed by atoms with Crippen LogP contribution in [0.3, 0.4) is 0 Å². The molecule has 0 N–H and O–H groups in total. The molecule has 2 spiro atoms. The van der Waals surface area contributed by atoms with Crippen molar-refractivity contribution in [1.29, 1.82) is 0 Å². The Hall–Kier alpha value is -1.14.